The molecule has 0 bridgehead atoms. The fraction of sp³-hybridized carbons (Fsp3) is 0.381. The van der Waals surface area contributed by atoms with Crippen LogP contribution in [0.15, 0.2) is 47.4 Å². The SMILES string of the molecule is CCN(CC)C(=O)COc1ccc(N(C)S(=O)(=O)c2ccc(C)c(C)c2)cc1. The number of sulfonamides is 1. The van der Waals surface area contributed by atoms with Crippen LogP contribution < -0.4 is 9.04 Å². The number of hydrogen-bond acceptors (Lipinski definition) is 4. The number of likely N-dealkylation sites (N-methyl/N-ethyl adjacent to an activating group) is 1. The predicted molar refractivity (Wildman–Crippen MR) is 111 cm³/mol. The van der Waals surface area contributed by atoms with Crippen molar-refractivity contribution in [1.82, 2.24) is 4.90 Å². The molecule has 0 radical (unpaired) electrons. The van der Waals surface area contributed by atoms with Crippen molar-refractivity contribution in [1.29, 1.82) is 0 Å². The zero-order chi connectivity index (χ0) is 20.9. The average Bonchev–Trinajstić information content (AvgIpc) is 2.69. The summed E-state index contributed by atoms with van der Waals surface area (Å²) in [5.74, 6) is 0.435. The van der Waals surface area contributed by atoms with Crippen molar-refractivity contribution in [2.45, 2.75) is 32.6 Å². The Hall–Kier alpha value is -2.54. The van der Waals surface area contributed by atoms with E-state index >= 15 is 0 Å². The molecule has 0 heterocycles. The topological polar surface area (TPSA) is 66.9 Å². The van der Waals surface area contributed by atoms with Gasteiger partial charge in [-0.05, 0) is 75.2 Å². The van der Waals surface area contributed by atoms with Crippen molar-refractivity contribution in [3.63, 3.8) is 0 Å². The lowest BCUT2D eigenvalue weighted by atomic mass is 10.1. The largest absolute Gasteiger partial charge is 0.484 e. The van der Waals surface area contributed by atoms with Crippen molar-refractivity contribution in [2.75, 3.05) is 31.0 Å². The van der Waals surface area contributed by atoms with Gasteiger partial charge in [0, 0.05) is 20.1 Å². The molecule has 7 heteroatoms. The zero-order valence-electron chi connectivity index (χ0n) is 17.1. The molecule has 152 valence electrons. The zero-order valence-corrected chi connectivity index (χ0v) is 17.9. The Bertz CT molecular complexity index is 920. The summed E-state index contributed by atoms with van der Waals surface area (Å²) in [6.45, 7) is 8.90. The number of hydrogen-bond donors (Lipinski definition) is 0. The van der Waals surface area contributed by atoms with E-state index in [2.05, 4.69) is 0 Å². The van der Waals surface area contributed by atoms with E-state index in [1.807, 2.05) is 27.7 Å². The van der Waals surface area contributed by atoms with Crippen LogP contribution in [0, 0.1) is 13.8 Å². The van der Waals surface area contributed by atoms with E-state index in [0.29, 0.717) is 24.5 Å². The van der Waals surface area contributed by atoms with Crippen molar-refractivity contribution in [2.24, 2.45) is 0 Å². The molecule has 1 amide bonds. The Morgan fingerprint density at radius 2 is 1.57 bits per heavy atom. The lowest BCUT2D eigenvalue weighted by Gasteiger charge is -2.21. The molecule has 2 aromatic rings. The fourth-order valence-electron chi connectivity index (χ4n) is 2.74. The van der Waals surface area contributed by atoms with Crippen LogP contribution in [0.5, 0.6) is 5.75 Å². The second-order valence-corrected chi connectivity index (χ2v) is 8.54. The van der Waals surface area contributed by atoms with Gasteiger partial charge in [0.05, 0.1) is 10.6 Å². The average molecular weight is 405 g/mol. The first-order chi connectivity index (χ1) is 13.2. The first-order valence-electron chi connectivity index (χ1n) is 9.27. The monoisotopic (exact) mass is 404 g/mol. The molecule has 2 aromatic carbocycles. The van der Waals surface area contributed by atoms with Gasteiger partial charge in [0.2, 0.25) is 0 Å². The number of anilines is 1. The maximum absolute atomic E-state index is 12.9. The van der Waals surface area contributed by atoms with E-state index in [9.17, 15) is 13.2 Å². The minimum atomic E-state index is -3.66. The summed E-state index contributed by atoms with van der Waals surface area (Å²) in [6, 6.07) is 11.8. The molecule has 0 unspecified atom stereocenters. The summed E-state index contributed by atoms with van der Waals surface area (Å²) < 4.78 is 32.5. The normalized spacial score (nSPS) is 11.2. The highest BCUT2D eigenvalue weighted by Crippen LogP contribution is 2.25. The maximum atomic E-state index is 12.9. The van der Waals surface area contributed by atoms with Gasteiger partial charge < -0.3 is 9.64 Å². The van der Waals surface area contributed by atoms with Crippen molar-refractivity contribution in [3.05, 3.63) is 53.6 Å². The third kappa shape index (κ3) is 4.84. The Morgan fingerprint density at radius 1 is 0.964 bits per heavy atom. The van der Waals surface area contributed by atoms with Crippen LogP contribution in [0.4, 0.5) is 5.69 Å². The molecule has 2 rings (SSSR count). The van der Waals surface area contributed by atoms with Gasteiger partial charge in [0.25, 0.3) is 15.9 Å². The van der Waals surface area contributed by atoms with Crippen LogP contribution in [-0.4, -0.2) is 46.0 Å². The number of carbonyl (C=O) groups excluding carboxylic acids is 1. The van der Waals surface area contributed by atoms with Crippen LogP contribution in [0.25, 0.3) is 0 Å². The minimum Gasteiger partial charge on any atom is -0.484 e. The van der Waals surface area contributed by atoms with E-state index in [0.717, 1.165) is 11.1 Å². The molecule has 0 atom stereocenters. The quantitative estimate of drug-likeness (QED) is 0.677. The highest BCUT2D eigenvalue weighted by atomic mass is 32.2. The van der Waals surface area contributed by atoms with E-state index in [4.69, 9.17) is 4.74 Å². The van der Waals surface area contributed by atoms with Crippen molar-refractivity contribution >= 4 is 21.6 Å². The molecule has 0 fully saturated rings. The van der Waals surface area contributed by atoms with Crippen molar-refractivity contribution < 1.29 is 17.9 Å². The van der Waals surface area contributed by atoms with Gasteiger partial charge in [-0.25, -0.2) is 8.42 Å². The molecular weight excluding hydrogens is 376 g/mol. The summed E-state index contributed by atoms with van der Waals surface area (Å²) in [7, 11) is -2.14. The summed E-state index contributed by atoms with van der Waals surface area (Å²) in [6.07, 6.45) is 0. The molecular formula is C21H28N2O4S. The van der Waals surface area contributed by atoms with Gasteiger partial charge in [-0.3, -0.25) is 9.10 Å². The molecule has 0 aliphatic heterocycles. The van der Waals surface area contributed by atoms with Gasteiger partial charge in [-0.1, -0.05) is 6.07 Å². The number of nitrogens with zero attached hydrogens (tertiary/aromatic N) is 2. The molecule has 0 aromatic heterocycles. The van der Waals surface area contributed by atoms with E-state index < -0.39 is 10.0 Å². The van der Waals surface area contributed by atoms with E-state index in [-0.39, 0.29) is 17.4 Å². The number of aryl methyl sites for hydroxylation is 2. The number of benzene rings is 2. The molecule has 0 aliphatic carbocycles. The van der Waals surface area contributed by atoms with E-state index in [1.54, 1.807) is 47.4 Å². The van der Waals surface area contributed by atoms with Crippen LogP contribution in [0.3, 0.4) is 0 Å². The minimum absolute atomic E-state index is 0.0438. The Morgan fingerprint density at radius 3 is 2.11 bits per heavy atom. The first kappa shape index (κ1) is 21.8. The van der Waals surface area contributed by atoms with Crippen LogP contribution >= 0.6 is 0 Å². The highest BCUT2D eigenvalue weighted by Gasteiger charge is 2.21. The Kier molecular flexibility index (Phi) is 7.07. The number of rotatable bonds is 8. The van der Waals surface area contributed by atoms with Crippen LogP contribution in [0.2, 0.25) is 0 Å². The van der Waals surface area contributed by atoms with Crippen LogP contribution in [-0.2, 0) is 14.8 Å². The Labute approximate surface area is 167 Å². The molecule has 6 nitrogen and oxygen atoms in total. The van der Waals surface area contributed by atoms with Gasteiger partial charge in [-0.2, -0.15) is 0 Å². The Balaban J connectivity index is 2.11. The standard InChI is InChI=1S/C21H28N2O4S/c1-6-23(7-2)21(24)15-27-19-11-9-18(10-12-19)22(5)28(25,26)20-13-8-16(3)17(4)14-20/h8-14H,6-7,15H2,1-5H3. The van der Waals surface area contributed by atoms with Gasteiger partial charge in [0.15, 0.2) is 6.61 Å². The highest BCUT2D eigenvalue weighted by molar-refractivity contribution is 7.92. The number of amides is 1. The molecule has 0 saturated carbocycles. The molecule has 0 spiro atoms. The van der Waals surface area contributed by atoms with E-state index in [1.165, 1.54) is 11.4 Å². The lowest BCUT2D eigenvalue weighted by Crippen LogP contribution is -2.34. The summed E-state index contributed by atoms with van der Waals surface area (Å²) in [5, 5.41) is 0. The second kappa shape index (κ2) is 9.10. The third-order valence-electron chi connectivity index (χ3n) is 4.82. The predicted octanol–water partition coefficient (Wildman–Crippen LogP) is 3.38. The third-order valence-corrected chi connectivity index (χ3v) is 6.60. The van der Waals surface area contributed by atoms with Gasteiger partial charge >= 0.3 is 0 Å². The second-order valence-electron chi connectivity index (χ2n) is 6.57. The molecule has 28 heavy (non-hydrogen) atoms. The molecule has 0 N–H and O–H groups in total. The van der Waals surface area contributed by atoms with Gasteiger partial charge in [0.1, 0.15) is 5.75 Å². The maximum Gasteiger partial charge on any atom is 0.264 e. The summed E-state index contributed by atoms with van der Waals surface area (Å²) in [5.41, 5.74) is 2.49. The summed E-state index contributed by atoms with van der Waals surface area (Å²) >= 11 is 0. The van der Waals surface area contributed by atoms with Gasteiger partial charge in [-0.15, -0.1) is 0 Å². The number of ether oxygens (including phenoxy) is 1. The van der Waals surface area contributed by atoms with Crippen molar-refractivity contribution in [3.8, 4) is 5.75 Å². The summed E-state index contributed by atoms with van der Waals surface area (Å²) in [4.78, 5) is 14.0. The smallest absolute Gasteiger partial charge is 0.264 e. The number of carbonyl (C=O) groups is 1. The van der Waals surface area contributed by atoms with Crippen LogP contribution in [0.1, 0.15) is 25.0 Å². The first-order valence-corrected chi connectivity index (χ1v) is 10.7. The molecule has 0 aliphatic rings. The molecule has 0 saturated heterocycles. The lowest BCUT2D eigenvalue weighted by molar-refractivity contribution is -0.132. The fourth-order valence-corrected chi connectivity index (χ4v) is 4.02.